The number of benzene rings is 5. The Morgan fingerprint density at radius 3 is 1.09 bits per heavy atom. The quantitative estimate of drug-likeness (QED) is 0.0144. The molecule has 142 heavy (non-hydrogen) atoms. The van der Waals surface area contributed by atoms with E-state index in [1.165, 1.54) is 99.1 Å². The molecule has 738 valence electrons. The summed E-state index contributed by atoms with van der Waals surface area (Å²) in [6, 6.07) is 38.3. The molecule has 31 nitrogen and oxygen atoms in total. The lowest BCUT2D eigenvalue weighted by Crippen LogP contribution is -2.17. The first kappa shape index (κ1) is 108. The predicted octanol–water partition coefficient (Wildman–Crippen LogP) is 25.4. The van der Waals surface area contributed by atoms with E-state index in [4.69, 9.17) is 131 Å². The van der Waals surface area contributed by atoms with E-state index in [1.54, 1.807) is 108 Å². The van der Waals surface area contributed by atoms with Gasteiger partial charge in [0.25, 0.3) is 0 Å². The second-order valence-electron chi connectivity index (χ2n) is 30.1. The summed E-state index contributed by atoms with van der Waals surface area (Å²) in [4.78, 5) is 124. The number of aldehydes is 1. The standard InChI is InChI=1S/C19H14ClFN2O4.C18H11Cl2FN2O3.C18H13ClFN3O3.C18H12ClFN2O4.C14H14N2O5.C7H5BrClF.Cl3OP.ClH/c1-9-3-6-13(26-9)16-15-17(23-19(22-16)25-2)14(27-18(15)24)8-10-7-11(20)4-5-12(10)21;1-8-2-5-12(25-8)15-14-16(23-18(20)22-15)13(26-17(14)24)7-9-6-10(19)3-4-11(9)21;1-8-2-5-12(25-8)15-14-16(23-18(21)22-15)13(26-17(14)24)7-9-6-10(19)3-4-11(9)20;1-8-2-5-12(25-8)15-14-16(22-18(24)21-15)13(26-17(14)23)7-9-6-10(19)3-4-11(9)20;1-4-20-13(18)11-9(7-17)15-14(19-3)16-12(11)10-6-5-8(2)21-10;8-4-5-3-6(9)1-2-7(5)10;1-5(2,3)4;/h3-7,14H,8H2,1-2H3;2-6,13H,7H2,1H3;2-6,13H,7H2,1H3,(H2,21,22,23);2-6,13H,7H2,1H3,(H,21,22,24);5-7H,4H2,1-3H3;1-3H,4H2;;1H. The number of fused-ring (bicyclic) bond motifs is 4. The molecule has 15 aromatic rings. The molecule has 0 saturated heterocycles. The number of carbonyl (C=O) groups excluding carboxylic acids is 6. The highest BCUT2D eigenvalue weighted by atomic mass is 79.9. The largest absolute Gasteiger partial charge is 0.467 e. The third-order valence-electron chi connectivity index (χ3n) is 20.3. The lowest BCUT2D eigenvalue weighted by Gasteiger charge is -2.12. The SMILES string of the molecule is CCOC(=O)c1c(C=O)nc(OC)nc1-c1ccc(C)o1.COc1nc(-c2ccc(C)o2)c2c(n1)C(Cc1cc(Cl)ccc1F)OC2=O.Cc1ccc(-c2nc(=O)[nH]c3c2C(=O)OC3Cc2cc(Cl)ccc2F)o1.Cc1ccc(-c2nc(Cl)nc3c2C(=O)OC3Cc2cc(Cl)ccc2F)o1.Cc1ccc(-c2nc(N)nc3c2C(=O)OC3Cc2cc(Cl)ccc2F)o1.Cl.Fc1ccc(Cl)cc1CBr.O=P(Cl)(Cl)Cl. The number of furan rings is 5. The monoisotopic (exact) mass is 2230 g/mol. The van der Waals surface area contributed by atoms with Crippen molar-refractivity contribution < 1.29 is 111 Å². The number of aromatic amines is 1. The van der Waals surface area contributed by atoms with Crippen LogP contribution in [0.2, 0.25) is 30.4 Å². The van der Waals surface area contributed by atoms with Gasteiger partial charge in [-0.1, -0.05) is 73.9 Å². The van der Waals surface area contributed by atoms with Crippen LogP contribution < -0.4 is 20.9 Å². The number of aromatic nitrogens is 10. The number of nitrogen functional groups attached to an aromatic ring is 1. The van der Waals surface area contributed by atoms with Crippen molar-refractivity contribution in [1.29, 1.82) is 0 Å². The van der Waals surface area contributed by atoms with E-state index in [0.717, 1.165) is 0 Å². The van der Waals surface area contributed by atoms with Crippen LogP contribution in [-0.4, -0.2) is 107 Å². The van der Waals surface area contributed by atoms with Gasteiger partial charge in [-0.3, -0.25) is 9.36 Å². The number of aryl methyl sites for hydroxylation is 5. The van der Waals surface area contributed by atoms with E-state index in [0.29, 0.717) is 128 Å². The fourth-order valence-corrected chi connectivity index (χ4v) is 15.8. The molecule has 0 spiro atoms. The van der Waals surface area contributed by atoms with Gasteiger partial charge in [-0.25, -0.2) is 70.7 Å². The van der Waals surface area contributed by atoms with Gasteiger partial charge in [0.2, 0.25) is 11.2 Å². The third kappa shape index (κ3) is 26.6. The molecule has 10 aromatic heterocycles. The summed E-state index contributed by atoms with van der Waals surface area (Å²) in [6.07, 6.45) is -2.48. The Balaban J connectivity index is 0.000000153. The summed E-state index contributed by atoms with van der Waals surface area (Å²) >= 11 is 52.4. The number of anilines is 1. The van der Waals surface area contributed by atoms with Gasteiger partial charge >= 0.3 is 52.8 Å². The average Bonchev–Trinajstić information content (AvgIpc) is 1.62. The maximum absolute atomic E-state index is 14.1. The molecule has 14 heterocycles. The van der Waals surface area contributed by atoms with Crippen molar-refractivity contribution in [1.82, 2.24) is 49.8 Å². The molecule has 48 heteroatoms. The van der Waals surface area contributed by atoms with Crippen molar-refractivity contribution in [2.45, 2.75) is 97.0 Å². The van der Waals surface area contributed by atoms with Crippen LogP contribution >= 0.6 is 137 Å². The summed E-state index contributed by atoms with van der Waals surface area (Å²) in [6.45, 7) is 10.7. The molecule has 0 radical (unpaired) electrons. The molecule has 4 atom stereocenters. The smallest absolute Gasteiger partial charge is 0.345 e. The number of methoxy groups -OCH3 is 2. The molecule has 0 aliphatic carbocycles. The van der Waals surface area contributed by atoms with Crippen molar-refractivity contribution >= 4 is 179 Å². The highest BCUT2D eigenvalue weighted by molar-refractivity contribution is 9.08. The Hall–Kier alpha value is -12.6. The van der Waals surface area contributed by atoms with Crippen LogP contribution in [0.1, 0.15) is 173 Å². The maximum Gasteiger partial charge on any atom is 0.345 e. The highest BCUT2D eigenvalue weighted by Crippen LogP contribution is 2.61. The van der Waals surface area contributed by atoms with Gasteiger partial charge in [0.15, 0.2) is 35.1 Å². The number of nitrogens with one attached hydrogen (secondary N) is 1. The van der Waals surface area contributed by atoms with Crippen LogP contribution in [0.4, 0.5) is 27.9 Å². The Labute approximate surface area is 860 Å². The molecule has 4 aliphatic heterocycles. The van der Waals surface area contributed by atoms with E-state index in [9.17, 15) is 60.1 Å². The summed E-state index contributed by atoms with van der Waals surface area (Å²) in [5.41, 5.74) is 9.75. The van der Waals surface area contributed by atoms with Crippen LogP contribution in [-0.2, 0) is 59.3 Å². The number of esters is 5. The highest BCUT2D eigenvalue weighted by Gasteiger charge is 2.43. The molecule has 3 N–H and O–H groups in total. The Kier molecular flexibility index (Phi) is 36.2. The van der Waals surface area contributed by atoms with Crippen molar-refractivity contribution in [2.75, 3.05) is 26.6 Å². The zero-order chi connectivity index (χ0) is 102. The van der Waals surface area contributed by atoms with E-state index < -0.39 is 88.4 Å². The Morgan fingerprint density at radius 2 is 0.739 bits per heavy atom. The first-order valence-electron chi connectivity index (χ1n) is 41.1. The van der Waals surface area contributed by atoms with Gasteiger partial charge in [-0.2, -0.15) is 24.9 Å². The van der Waals surface area contributed by atoms with Gasteiger partial charge in [0.1, 0.15) is 161 Å². The molecule has 0 saturated carbocycles. The summed E-state index contributed by atoms with van der Waals surface area (Å²) in [7, 11) is 2.79. The van der Waals surface area contributed by atoms with Gasteiger partial charge < -0.3 is 66.0 Å². The van der Waals surface area contributed by atoms with Crippen LogP contribution in [0.15, 0.2) is 179 Å². The second kappa shape index (κ2) is 47.5. The van der Waals surface area contributed by atoms with Crippen LogP contribution in [0, 0.1) is 63.7 Å². The fourth-order valence-electron chi connectivity index (χ4n) is 14.3. The summed E-state index contributed by atoms with van der Waals surface area (Å²) in [5.74, 6) is -0.148. The predicted molar refractivity (Wildman–Crippen MR) is 519 cm³/mol. The minimum absolute atomic E-state index is 0. The first-order chi connectivity index (χ1) is 67.0. The molecule has 4 aliphatic rings. The normalized spacial score (nSPS) is 14.3. The van der Waals surface area contributed by atoms with Crippen molar-refractivity contribution in [3.05, 3.63) is 335 Å². The molecule has 5 aromatic carbocycles. The summed E-state index contributed by atoms with van der Waals surface area (Å²) in [5, 5.41) is -0.680. The lowest BCUT2D eigenvalue weighted by atomic mass is 10.0. The summed E-state index contributed by atoms with van der Waals surface area (Å²) < 4.78 is 143. The third-order valence-corrected chi connectivity index (χ3v) is 22.3. The van der Waals surface area contributed by atoms with Crippen molar-refractivity contribution in [3.8, 4) is 69.3 Å². The van der Waals surface area contributed by atoms with Gasteiger partial charge in [0, 0.05) is 56.1 Å². The van der Waals surface area contributed by atoms with Gasteiger partial charge in [-0.15, -0.1) is 12.4 Å². The molecule has 4 unspecified atom stereocenters. The van der Waals surface area contributed by atoms with Crippen molar-refractivity contribution in [3.63, 3.8) is 0 Å². The first-order valence-corrected chi connectivity index (χ1v) is 48.9. The van der Waals surface area contributed by atoms with E-state index >= 15 is 0 Å². The minimum Gasteiger partial charge on any atom is -0.467 e. The zero-order valence-corrected chi connectivity index (χ0v) is 84.5. The minimum atomic E-state index is -3.22. The zero-order valence-electron chi connectivity index (χ0n) is 74.4. The number of H-pyrrole nitrogens is 1. The van der Waals surface area contributed by atoms with E-state index in [2.05, 4.69) is 99.5 Å². The number of rotatable bonds is 19. The molecule has 19 rings (SSSR count). The average molecular weight is 2230 g/mol. The molecule has 0 bridgehead atoms. The van der Waals surface area contributed by atoms with E-state index in [-0.39, 0.29) is 153 Å². The number of alkyl halides is 1. The molecular weight excluding hydrogens is 2160 g/mol. The topological polar surface area (TPSA) is 425 Å². The number of hydrogen-bond acceptors (Lipinski definition) is 30. The number of halogens is 16. The maximum atomic E-state index is 14.1. The molecule has 0 fully saturated rings. The number of nitrogens with zero attached hydrogens (tertiary/aromatic N) is 9. The van der Waals surface area contributed by atoms with Gasteiger partial charge in [-0.05, 0) is 266 Å². The van der Waals surface area contributed by atoms with E-state index in [1.807, 2.05) is 0 Å². The lowest BCUT2D eigenvalue weighted by molar-refractivity contribution is 0.0371. The number of hydrogen-bond donors (Lipinski definition) is 2. The fraction of sp³-hybridized carbons (Fsp3) is 0.191. The Morgan fingerprint density at radius 1 is 0.430 bits per heavy atom. The number of cyclic esters (lactones) is 4. The molecular formula is C94H70BrCl10F5N11O20P. The van der Waals surface area contributed by atoms with Crippen LogP contribution in [0.3, 0.4) is 0 Å². The Bertz CT molecular complexity index is 7280. The van der Waals surface area contributed by atoms with Gasteiger partial charge in [0.05, 0.1) is 26.5 Å². The van der Waals surface area contributed by atoms with Crippen LogP contribution in [0.5, 0.6) is 12.0 Å². The number of ether oxygens (including phenoxy) is 7. The van der Waals surface area contributed by atoms with Crippen molar-refractivity contribution in [2.24, 2.45) is 0 Å². The number of carbonyl (C=O) groups is 6. The second-order valence-corrected chi connectivity index (χ2v) is 39.8. The molecule has 0 amide bonds. The van der Waals surface area contributed by atoms with Crippen LogP contribution in [0.25, 0.3) is 57.3 Å². The number of nitrogens with two attached hydrogens (primary N) is 1.